The number of anilines is 1. The predicted molar refractivity (Wildman–Crippen MR) is 119 cm³/mol. The number of nitrogens with zero attached hydrogens (tertiary/aromatic N) is 2. The molecule has 0 spiro atoms. The summed E-state index contributed by atoms with van der Waals surface area (Å²) in [6.07, 6.45) is -0.293. The highest BCUT2D eigenvalue weighted by Crippen LogP contribution is 2.26. The van der Waals surface area contributed by atoms with Crippen molar-refractivity contribution in [3.8, 4) is 0 Å². The normalized spacial score (nSPS) is 15.4. The van der Waals surface area contributed by atoms with Crippen LogP contribution < -0.4 is 10.3 Å². The molecular weight excluding hydrogens is 450 g/mol. The number of amides is 4. The van der Waals surface area contributed by atoms with Gasteiger partial charge in [-0.25, -0.2) is 14.7 Å². The van der Waals surface area contributed by atoms with E-state index in [1.54, 1.807) is 13.8 Å². The minimum Gasteiger partial charge on any atom is -0.462 e. The van der Waals surface area contributed by atoms with Crippen LogP contribution in [0, 0.1) is 0 Å². The highest BCUT2D eigenvalue weighted by Gasteiger charge is 2.45. The maximum Gasteiger partial charge on any atom is 0.338 e. The molecule has 0 aromatic heterocycles. The number of nitrogens with one attached hydrogen (secondary N) is 1. The maximum absolute atomic E-state index is 13.1. The largest absolute Gasteiger partial charge is 0.462 e. The summed E-state index contributed by atoms with van der Waals surface area (Å²) in [5.74, 6) is -2.87. The smallest absolute Gasteiger partial charge is 0.338 e. The Morgan fingerprint density at radius 3 is 2.21 bits per heavy atom. The number of carbonyl (C=O) groups is 5. The predicted octanol–water partition coefficient (Wildman–Crippen LogP) is 2.73. The number of benzene rings is 2. The number of esters is 1. The lowest BCUT2D eigenvalue weighted by Gasteiger charge is -2.27. The Hall–Kier alpha value is -3.72. The molecule has 33 heavy (non-hydrogen) atoms. The van der Waals surface area contributed by atoms with Crippen LogP contribution in [-0.4, -0.2) is 47.3 Å². The van der Waals surface area contributed by atoms with Gasteiger partial charge in [-0.15, -0.1) is 0 Å². The highest BCUT2D eigenvalue weighted by atomic mass is 35.5. The fraction of sp³-hybridized carbons (Fsp3) is 0.261. The van der Waals surface area contributed by atoms with E-state index in [0.717, 1.165) is 9.91 Å². The van der Waals surface area contributed by atoms with Crippen LogP contribution in [0.4, 0.5) is 5.69 Å². The number of hydrazine groups is 1. The molecule has 1 heterocycles. The topological polar surface area (TPSA) is 113 Å². The van der Waals surface area contributed by atoms with Crippen LogP contribution in [0.3, 0.4) is 0 Å². The average molecular weight is 472 g/mol. The molecule has 1 fully saturated rings. The molecular formula is C23H22ClN3O6. The number of rotatable bonds is 6. The van der Waals surface area contributed by atoms with Crippen molar-refractivity contribution in [3.63, 3.8) is 0 Å². The van der Waals surface area contributed by atoms with Gasteiger partial charge < -0.3 is 4.74 Å². The Morgan fingerprint density at radius 2 is 1.64 bits per heavy atom. The van der Waals surface area contributed by atoms with Crippen LogP contribution in [0.15, 0.2) is 48.5 Å². The molecule has 1 unspecified atom stereocenters. The van der Waals surface area contributed by atoms with Gasteiger partial charge in [-0.1, -0.05) is 18.5 Å². The number of imide groups is 1. The third-order valence-corrected chi connectivity index (χ3v) is 5.22. The van der Waals surface area contributed by atoms with E-state index in [1.807, 2.05) is 0 Å². The second-order valence-corrected chi connectivity index (χ2v) is 7.56. The van der Waals surface area contributed by atoms with E-state index in [4.69, 9.17) is 16.3 Å². The van der Waals surface area contributed by atoms with Crippen molar-refractivity contribution in [2.75, 3.05) is 11.5 Å². The number of hydrogen-bond donors (Lipinski definition) is 1. The van der Waals surface area contributed by atoms with Crippen molar-refractivity contribution in [2.24, 2.45) is 0 Å². The van der Waals surface area contributed by atoms with E-state index in [-0.39, 0.29) is 36.3 Å². The molecule has 1 N–H and O–H groups in total. The molecule has 172 valence electrons. The molecule has 2 aromatic carbocycles. The van der Waals surface area contributed by atoms with Gasteiger partial charge in [-0.3, -0.25) is 24.6 Å². The average Bonchev–Trinajstić information content (AvgIpc) is 3.11. The monoisotopic (exact) mass is 471 g/mol. The Labute approximate surface area is 195 Å². The molecule has 0 aliphatic carbocycles. The van der Waals surface area contributed by atoms with Gasteiger partial charge in [0, 0.05) is 17.0 Å². The van der Waals surface area contributed by atoms with Gasteiger partial charge in [0.25, 0.3) is 11.8 Å². The highest BCUT2D eigenvalue weighted by molar-refractivity contribution is 6.30. The van der Waals surface area contributed by atoms with E-state index in [2.05, 4.69) is 5.43 Å². The van der Waals surface area contributed by atoms with Gasteiger partial charge in [-0.05, 0) is 55.5 Å². The number of halogens is 1. The summed E-state index contributed by atoms with van der Waals surface area (Å²) < 4.78 is 4.92. The third-order valence-electron chi connectivity index (χ3n) is 4.97. The standard InChI is InChI=1S/C23H22ClN3O6/c1-3-19(28)27(25-21(30)14-5-9-16(24)10-6-14)18-13-20(29)26(22(18)31)17-11-7-15(8-12-17)23(32)33-4-2/h5-12,18H,3-4,13H2,1-2H3,(H,25,30). The van der Waals surface area contributed by atoms with Crippen LogP contribution in [0.25, 0.3) is 0 Å². The summed E-state index contributed by atoms with van der Waals surface area (Å²) in [6.45, 7) is 3.48. The molecule has 1 atom stereocenters. The lowest BCUT2D eigenvalue weighted by molar-refractivity contribution is -0.140. The Morgan fingerprint density at radius 1 is 1.03 bits per heavy atom. The zero-order chi connectivity index (χ0) is 24.1. The molecule has 1 aliphatic rings. The molecule has 1 saturated heterocycles. The van der Waals surface area contributed by atoms with Crippen molar-refractivity contribution in [1.82, 2.24) is 10.4 Å². The number of hydrogen-bond acceptors (Lipinski definition) is 6. The van der Waals surface area contributed by atoms with Crippen LogP contribution in [-0.2, 0) is 19.1 Å². The first-order valence-corrected chi connectivity index (χ1v) is 10.7. The van der Waals surface area contributed by atoms with Gasteiger partial charge in [0.2, 0.25) is 11.8 Å². The number of carbonyl (C=O) groups excluding carboxylic acids is 5. The van der Waals surface area contributed by atoms with Crippen molar-refractivity contribution in [1.29, 1.82) is 0 Å². The SMILES string of the molecule is CCOC(=O)c1ccc(N2C(=O)CC(N(NC(=O)c3ccc(Cl)cc3)C(=O)CC)C2=O)cc1. The summed E-state index contributed by atoms with van der Waals surface area (Å²) in [5, 5.41) is 1.35. The zero-order valence-corrected chi connectivity index (χ0v) is 18.8. The zero-order valence-electron chi connectivity index (χ0n) is 18.0. The first kappa shape index (κ1) is 23.9. The first-order chi connectivity index (χ1) is 15.8. The van der Waals surface area contributed by atoms with Gasteiger partial charge in [0.05, 0.1) is 24.3 Å². The minimum atomic E-state index is -1.20. The molecule has 1 aliphatic heterocycles. The molecule has 0 radical (unpaired) electrons. The third kappa shape index (κ3) is 5.20. The van der Waals surface area contributed by atoms with E-state index in [1.165, 1.54) is 48.5 Å². The van der Waals surface area contributed by atoms with Gasteiger partial charge in [-0.2, -0.15) is 0 Å². The van der Waals surface area contributed by atoms with Crippen LogP contribution in [0.2, 0.25) is 5.02 Å². The van der Waals surface area contributed by atoms with Crippen LogP contribution in [0.1, 0.15) is 47.4 Å². The molecule has 0 bridgehead atoms. The summed E-state index contributed by atoms with van der Waals surface area (Å²) in [7, 11) is 0. The minimum absolute atomic E-state index is 0.00705. The van der Waals surface area contributed by atoms with Crippen LogP contribution >= 0.6 is 11.6 Å². The van der Waals surface area contributed by atoms with E-state index < -0.39 is 35.6 Å². The molecule has 10 heteroatoms. The lowest BCUT2D eigenvalue weighted by Crippen LogP contribution is -2.54. The van der Waals surface area contributed by atoms with Crippen LogP contribution in [0.5, 0.6) is 0 Å². The van der Waals surface area contributed by atoms with E-state index >= 15 is 0 Å². The summed E-state index contributed by atoms with van der Waals surface area (Å²) in [5.41, 5.74) is 3.20. The second-order valence-electron chi connectivity index (χ2n) is 7.12. The second kappa shape index (κ2) is 10.3. The van der Waals surface area contributed by atoms with Gasteiger partial charge in [0.15, 0.2) is 0 Å². The molecule has 3 rings (SSSR count). The summed E-state index contributed by atoms with van der Waals surface area (Å²) in [4.78, 5) is 63.7. The van der Waals surface area contributed by atoms with Crippen molar-refractivity contribution < 1.29 is 28.7 Å². The fourth-order valence-electron chi connectivity index (χ4n) is 3.31. The van der Waals surface area contributed by atoms with Crippen molar-refractivity contribution in [3.05, 3.63) is 64.7 Å². The summed E-state index contributed by atoms with van der Waals surface area (Å²) in [6, 6.07) is 10.6. The van der Waals surface area contributed by atoms with Crippen molar-refractivity contribution in [2.45, 2.75) is 32.7 Å². The van der Waals surface area contributed by atoms with E-state index in [9.17, 15) is 24.0 Å². The Kier molecular flexibility index (Phi) is 7.44. The summed E-state index contributed by atoms with van der Waals surface area (Å²) >= 11 is 5.84. The quantitative estimate of drug-likeness (QED) is 0.393. The Bertz CT molecular complexity index is 1080. The molecule has 0 saturated carbocycles. The van der Waals surface area contributed by atoms with Crippen molar-refractivity contribution >= 4 is 46.9 Å². The first-order valence-electron chi connectivity index (χ1n) is 10.3. The maximum atomic E-state index is 13.1. The lowest BCUT2D eigenvalue weighted by atomic mass is 10.2. The molecule has 4 amide bonds. The fourth-order valence-corrected chi connectivity index (χ4v) is 3.44. The van der Waals surface area contributed by atoms with E-state index in [0.29, 0.717) is 5.02 Å². The molecule has 9 nitrogen and oxygen atoms in total. The molecule has 2 aromatic rings. The van der Waals surface area contributed by atoms with Gasteiger partial charge >= 0.3 is 5.97 Å². The Balaban J connectivity index is 1.82. The number of ether oxygens (including phenoxy) is 1. The van der Waals surface area contributed by atoms with Gasteiger partial charge in [0.1, 0.15) is 6.04 Å².